The first-order valence-corrected chi connectivity index (χ1v) is 7.27. The fourth-order valence-corrected chi connectivity index (χ4v) is 2.29. The second kappa shape index (κ2) is 7.26. The molecule has 2 N–H and O–H groups in total. The molecule has 7 nitrogen and oxygen atoms in total. The Balaban J connectivity index is 2.21. The normalized spacial score (nSPS) is 14.0. The molecule has 23 heavy (non-hydrogen) atoms. The van der Waals surface area contributed by atoms with Gasteiger partial charge < -0.3 is 15.2 Å². The summed E-state index contributed by atoms with van der Waals surface area (Å²) in [6, 6.07) is 4.42. The second-order valence-corrected chi connectivity index (χ2v) is 5.09. The van der Waals surface area contributed by atoms with Crippen LogP contribution < -0.4 is 5.32 Å². The van der Waals surface area contributed by atoms with Gasteiger partial charge in [-0.05, 0) is 25.1 Å². The van der Waals surface area contributed by atoms with Crippen LogP contribution in [0.1, 0.15) is 17.3 Å². The van der Waals surface area contributed by atoms with Crippen molar-refractivity contribution in [3.8, 4) is 0 Å². The molecular weight excluding hydrogens is 324 g/mol. The number of carbonyl (C=O) groups is 3. The van der Waals surface area contributed by atoms with Crippen LogP contribution in [0.25, 0.3) is 0 Å². The first kappa shape index (κ1) is 17.0. The summed E-state index contributed by atoms with van der Waals surface area (Å²) in [7, 11) is 0. The lowest BCUT2D eigenvalue weighted by Crippen LogP contribution is -2.34. The summed E-state index contributed by atoms with van der Waals surface area (Å²) < 4.78 is 4.90. The minimum absolute atomic E-state index is 0.0422. The van der Waals surface area contributed by atoms with Crippen LogP contribution in [0.2, 0.25) is 5.02 Å². The standard InChI is InChI=1S/C15H15ClN2O5/c1-2-23-15(22)9-5-10(16)7-11(6-9)17-12-8-13(20)18(3-4-19)14(12)21/h5-8,17,19H,2-4H2,1H3. The lowest BCUT2D eigenvalue weighted by atomic mass is 10.2. The number of carbonyl (C=O) groups excluding carboxylic acids is 3. The van der Waals surface area contributed by atoms with Crippen molar-refractivity contribution in [3.05, 3.63) is 40.6 Å². The molecule has 1 aliphatic rings. The molecule has 0 atom stereocenters. The van der Waals surface area contributed by atoms with E-state index in [0.717, 1.165) is 11.0 Å². The lowest BCUT2D eigenvalue weighted by Gasteiger charge is -2.14. The van der Waals surface area contributed by atoms with Crippen molar-refractivity contribution in [1.82, 2.24) is 4.90 Å². The highest BCUT2D eigenvalue weighted by Crippen LogP contribution is 2.23. The van der Waals surface area contributed by atoms with E-state index in [4.69, 9.17) is 21.4 Å². The Morgan fingerprint density at radius 1 is 1.35 bits per heavy atom. The minimum Gasteiger partial charge on any atom is -0.462 e. The summed E-state index contributed by atoms with van der Waals surface area (Å²) in [5.74, 6) is -1.61. The Kier molecular flexibility index (Phi) is 5.36. The average Bonchev–Trinajstić information content (AvgIpc) is 2.75. The van der Waals surface area contributed by atoms with Gasteiger partial charge in [0.25, 0.3) is 11.8 Å². The van der Waals surface area contributed by atoms with Gasteiger partial charge in [-0.25, -0.2) is 4.79 Å². The maximum Gasteiger partial charge on any atom is 0.338 e. The van der Waals surface area contributed by atoms with E-state index in [1.54, 1.807) is 6.92 Å². The highest BCUT2D eigenvalue weighted by atomic mass is 35.5. The number of aliphatic hydroxyl groups excluding tert-OH is 1. The third-order valence-electron chi connectivity index (χ3n) is 3.02. The number of benzene rings is 1. The van der Waals surface area contributed by atoms with Gasteiger partial charge in [-0.3, -0.25) is 14.5 Å². The molecular formula is C15H15ClN2O5. The van der Waals surface area contributed by atoms with Gasteiger partial charge in [0.1, 0.15) is 5.70 Å². The van der Waals surface area contributed by atoms with Crippen LogP contribution in [0, 0.1) is 0 Å². The summed E-state index contributed by atoms with van der Waals surface area (Å²) in [4.78, 5) is 36.4. The molecule has 0 unspecified atom stereocenters. The van der Waals surface area contributed by atoms with Crippen molar-refractivity contribution in [3.63, 3.8) is 0 Å². The number of ether oxygens (including phenoxy) is 1. The van der Waals surface area contributed by atoms with Gasteiger partial charge in [-0.1, -0.05) is 11.6 Å². The molecule has 2 rings (SSSR count). The van der Waals surface area contributed by atoms with Crippen molar-refractivity contribution in [2.24, 2.45) is 0 Å². The Morgan fingerprint density at radius 3 is 2.74 bits per heavy atom. The predicted octanol–water partition coefficient (Wildman–Crippen LogP) is 1.17. The fraction of sp³-hybridized carbons (Fsp3) is 0.267. The number of nitrogens with zero attached hydrogens (tertiary/aromatic N) is 1. The first-order chi connectivity index (χ1) is 11.0. The fourth-order valence-electron chi connectivity index (χ4n) is 2.06. The number of hydrogen-bond donors (Lipinski definition) is 2. The molecule has 0 fully saturated rings. The highest BCUT2D eigenvalue weighted by molar-refractivity contribution is 6.31. The third kappa shape index (κ3) is 3.88. The molecule has 0 radical (unpaired) electrons. The van der Waals surface area contributed by atoms with E-state index in [0.29, 0.717) is 5.69 Å². The highest BCUT2D eigenvalue weighted by Gasteiger charge is 2.30. The van der Waals surface area contributed by atoms with E-state index in [9.17, 15) is 14.4 Å². The lowest BCUT2D eigenvalue weighted by molar-refractivity contribution is -0.137. The predicted molar refractivity (Wildman–Crippen MR) is 82.9 cm³/mol. The number of aliphatic hydroxyl groups is 1. The molecule has 2 amide bonds. The van der Waals surface area contributed by atoms with Gasteiger partial charge in [-0.2, -0.15) is 0 Å². The Bertz CT molecular complexity index is 686. The summed E-state index contributed by atoms with van der Waals surface area (Å²) >= 11 is 5.96. The quantitative estimate of drug-likeness (QED) is 0.597. The van der Waals surface area contributed by atoms with Gasteiger partial charge in [0.2, 0.25) is 0 Å². The van der Waals surface area contributed by atoms with E-state index in [-0.39, 0.29) is 36.0 Å². The average molecular weight is 339 g/mol. The zero-order valence-electron chi connectivity index (χ0n) is 12.3. The molecule has 0 aromatic heterocycles. The van der Waals surface area contributed by atoms with E-state index >= 15 is 0 Å². The van der Waals surface area contributed by atoms with Crippen LogP contribution in [-0.2, 0) is 14.3 Å². The van der Waals surface area contributed by atoms with Crippen molar-refractivity contribution in [2.45, 2.75) is 6.92 Å². The monoisotopic (exact) mass is 338 g/mol. The van der Waals surface area contributed by atoms with Crippen LogP contribution in [0.5, 0.6) is 0 Å². The number of nitrogens with one attached hydrogen (secondary N) is 1. The third-order valence-corrected chi connectivity index (χ3v) is 3.24. The summed E-state index contributed by atoms with van der Waals surface area (Å²) in [6.45, 7) is 1.51. The van der Waals surface area contributed by atoms with Gasteiger partial charge in [0, 0.05) is 16.8 Å². The molecule has 8 heteroatoms. The van der Waals surface area contributed by atoms with Gasteiger partial charge in [0.15, 0.2) is 0 Å². The number of β-amino-alcohol motifs (C(OH)–C–C–N with tert-alkyl or cyclic N) is 1. The molecule has 1 aliphatic heterocycles. The van der Waals surface area contributed by atoms with E-state index in [1.807, 2.05) is 0 Å². The second-order valence-electron chi connectivity index (χ2n) is 4.65. The number of halogens is 1. The molecule has 0 saturated heterocycles. The number of amides is 2. The largest absolute Gasteiger partial charge is 0.462 e. The number of imide groups is 1. The van der Waals surface area contributed by atoms with Crippen LogP contribution >= 0.6 is 11.6 Å². The zero-order valence-corrected chi connectivity index (χ0v) is 13.1. The topological polar surface area (TPSA) is 95.9 Å². The van der Waals surface area contributed by atoms with Crippen LogP contribution in [0.4, 0.5) is 5.69 Å². The SMILES string of the molecule is CCOC(=O)c1cc(Cl)cc(NC2=CC(=O)N(CCO)C2=O)c1. The van der Waals surface area contributed by atoms with Crippen molar-refractivity contribution in [2.75, 3.05) is 25.1 Å². The summed E-state index contributed by atoms with van der Waals surface area (Å²) in [6.07, 6.45) is 1.13. The van der Waals surface area contributed by atoms with Crippen molar-refractivity contribution in [1.29, 1.82) is 0 Å². The smallest absolute Gasteiger partial charge is 0.338 e. The molecule has 0 bridgehead atoms. The number of anilines is 1. The van der Waals surface area contributed by atoms with E-state index in [1.165, 1.54) is 18.2 Å². The molecule has 1 heterocycles. The minimum atomic E-state index is -0.554. The number of hydrogen-bond acceptors (Lipinski definition) is 6. The van der Waals surface area contributed by atoms with Gasteiger partial charge in [-0.15, -0.1) is 0 Å². The maximum absolute atomic E-state index is 12.1. The Hall–Kier alpha value is -2.38. The van der Waals surface area contributed by atoms with Crippen LogP contribution in [0.15, 0.2) is 30.0 Å². The first-order valence-electron chi connectivity index (χ1n) is 6.89. The van der Waals surface area contributed by atoms with Gasteiger partial charge in [0.05, 0.1) is 25.3 Å². The maximum atomic E-state index is 12.1. The van der Waals surface area contributed by atoms with Gasteiger partial charge >= 0.3 is 5.97 Å². The van der Waals surface area contributed by atoms with Crippen molar-refractivity contribution < 1.29 is 24.2 Å². The molecule has 122 valence electrons. The Labute approximate surface area is 137 Å². The molecule has 1 aromatic carbocycles. The summed E-state index contributed by atoms with van der Waals surface area (Å²) in [5.41, 5.74) is 0.644. The van der Waals surface area contributed by atoms with E-state index in [2.05, 4.69) is 5.32 Å². The molecule has 0 spiro atoms. The van der Waals surface area contributed by atoms with Crippen LogP contribution in [0.3, 0.4) is 0 Å². The Morgan fingerprint density at radius 2 is 2.09 bits per heavy atom. The number of rotatable bonds is 6. The summed E-state index contributed by atoms with van der Waals surface area (Å²) in [5, 5.41) is 11.9. The zero-order chi connectivity index (χ0) is 17.0. The number of esters is 1. The van der Waals surface area contributed by atoms with E-state index < -0.39 is 17.8 Å². The molecule has 0 saturated carbocycles. The molecule has 0 aliphatic carbocycles. The van der Waals surface area contributed by atoms with Crippen LogP contribution in [-0.4, -0.2) is 47.5 Å². The van der Waals surface area contributed by atoms with Crippen molar-refractivity contribution >= 4 is 35.1 Å². The molecule has 1 aromatic rings.